The molecule has 0 bridgehead atoms. The number of nitriles is 2. The number of hydrogen-bond donors (Lipinski definition) is 0. The van der Waals surface area contributed by atoms with E-state index in [0.717, 1.165) is 55.3 Å². The largest absolute Gasteiger partial charge is 0.310 e. The Bertz CT molecular complexity index is 2300. The molecular weight excluding hydrogens is 534 g/mol. The first-order valence-corrected chi connectivity index (χ1v) is 14.6. The Morgan fingerprint density at radius 2 is 1.09 bits per heavy atom. The molecule has 0 fully saturated rings. The van der Waals surface area contributed by atoms with E-state index in [0.29, 0.717) is 11.1 Å². The van der Waals surface area contributed by atoms with Crippen molar-refractivity contribution in [2.45, 2.75) is 6.92 Å². The van der Waals surface area contributed by atoms with Gasteiger partial charge in [0.05, 0.1) is 16.8 Å². The molecule has 7 aromatic carbocycles. The van der Waals surface area contributed by atoms with Crippen molar-refractivity contribution in [3.05, 3.63) is 161 Å². The van der Waals surface area contributed by atoms with Crippen LogP contribution in [0.3, 0.4) is 0 Å². The predicted octanol–water partition coefficient (Wildman–Crippen LogP) is 10.8. The predicted molar refractivity (Wildman–Crippen MR) is 183 cm³/mol. The molecule has 0 radical (unpaired) electrons. The second-order valence-electron chi connectivity index (χ2n) is 10.9. The molecule has 0 spiro atoms. The third kappa shape index (κ3) is 4.74. The van der Waals surface area contributed by atoms with E-state index in [9.17, 15) is 10.5 Å². The molecule has 3 heteroatoms. The first-order chi connectivity index (χ1) is 21.6. The molecule has 0 heterocycles. The summed E-state index contributed by atoms with van der Waals surface area (Å²) in [7, 11) is 0. The molecule has 0 aromatic heterocycles. The fourth-order valence-corrected chi connectivity index (χ4v) is 6.04. The fourth-order valence-electron chi connectivity index (χ4n) is 6.04. The van der Waals surface area contributed by atoms with Gasteiger partial charge in [0.1, 0.15) is 12.1 Å². The number of aryl methyl sites for hydroxylation is 1. The fraction of sp³-hybridized carbons (Fsp3) is 0.0244. The molecule has 0 saturated heterocycles. The standard InChI is InChI=1S/C41H27N3/c1-28-14-22-35-36-23-19-30(25-38(36)40(27-43)39(26-42)37(35)24-28)16-15-29-17-20-33(21-18-29)44(32-10-3-2-4-11-32)41-13-7-9-31-8-5-6-12-34(31)41/h2-25H,1H3. The Kier molecular flexibility index (Phi) is 6.84. The number of para-hydroxylation sites is 1. The third-order valence-electron chi connectivity index (χ3n) is 8.16. The highest BCUT2D eigenvalue weighted by molar-refractivity contribution is 6.13. The normalized spacial score (nSPS) is 11.2. The van der Waals surface area contributed by atoms with E-state index in [-0.39, 0.29) is 0 Å². The second kappa shape index (κ2) is 11.3. The highest BCUT2D eigenvalue weighted by Gasteiger charge is 2.16. The summed E-state index contributed by atoms with van der Waals surface area (Å²) in [5.41, 5.74) is 7.24. The Morgan fingerprint density at radius 3 is 1.84 bits per heavy atom. The lowest BCUT2D eigenvalue weighted by Crippen LogP contribution is -2.10. The van der Waals surface area contributed by atoms with Crippen LogP contribution < -0.4 is 4.90 Å². The van der Waals surface area contributed by atoms with E-state index in [1.165, 1.54) is 10.8 Å². The Labute approximate surface area is 256 Å². The molecular formula is C41H27N3. The van der Waals surface area contributed by atoms with Crippen molar-refractivity contribution < 1.29 is 0 Å². The molecule has 7 aromatic rings. The molecule has 7 rings (SSSR count). The monoisotopic (exact) mass is 561 g/mol. The number of anilines is 3. The first kappa shape index (κ1) is 26.7. The number of hydrogen-bond acceptors (Lipinski definition) is 3. The minimum Gasteiger partial charge on any atom is -0.310 e. The van der Waals surface area contributed by atoms with Crippen LogP contribution in [0, 0.1) is 29.6 Å². The van der Waals surface area contributed by atoms with Crippen LogP contribution in [0.5, 0.6) is 0 Å². The number of benzene rings is 7. The van der Waals surface area contributed by atoms with Crippen molar-refractivity contribution in [1.82, 2.24) is 0 Å². The van der Waals surface area contributed by atoms with Gasteiger partial charge in [0.15, 0.2) is 0 Å². The zero-order chi connectivity index (χ0) is 30.0. The molecule has 0 N–H and O–H groups in total. The highest BCUT2D eigenvalue weighted by Crippen LogP contribution is 2.39. The van der Waals surface area contributed by atoms with Crippen LogP contribution in [0.4, 0.5) is 17.1 Å². The van der Waals surface area contributed by atoms with Gasteiger partial charge in [-0.2, -0.15) is 10.5 Å². The summed E-state index contributed by atoms with van der Waals surface area (Å²) in [4.78, 5) is 2.29. The first-order valence-electron chi connectivity index (χ1n) is 14.6. The molecule has 3 nitrogen and oxygen atoms in total. The van der Waals surface area contributed by atoms with Crippen molar-refractivity contribution >= 4 is 61.5 Å². The van der Waals surface area contributed by atoms with Gasteiger partial charge in [-0.1, -0.05) is 115 Å². The molecule has 0 amide bonds. The topological polar surface area (TPSA) is 50.8 Å². The Hall–Kier alpha value is -6.16. The molecule has 206 valence electrons. The average molecular weight is 562 g/mol. The average Bonchev–Trinajstić information content (AvgIpc) is 3.07. The summed E-state index contributed by atoms with van der Waals surface area (Å²) in [5, 5.41) is 26.0. The smallest absolute Gasteiger partial charge is 0.101 e. The summed E-state index contributed by atoms with van der Waals surface area (Å²) in [6.45, 7) is 2.00. The maximum atomic E-state index is 10.0. The van der Waals surface area contributed by atoms with Crippen LogP contribution in [0.2, 0.25) is 0 Å². The summed E-state index contributed by atoms with van der Waals surface area (Å²) in [5.74, 6) is 0. The third-order valence-corrected chi connectivity index (χ3v) is 8.16. The lowest BCUT2D eigenvalue weighted by molar-refractivity contribution is 1.30. The van der Waals surface area contributed by atoms with E-state index >= 15 is 0 Å². The quantitative estimate of drug-likeness (QED) is 0.155. The lowest BCUT2D eigenvalue weighted by Gasteiger charge is -2.27. The molecule has 0 saturated carbocycles. The SMILES string of the molecule is Cc1ccc2c(c1)c(C#N)c(C#N)c1cc(C=Cc3ccc(N(c4ccccc4)c4cccc5ccccc45)cc3)ccc12. The van der Waals surface area contributed by atoms with Crippen LogP contribution >= 0.6 is 0 Å². The maximum Gasteiger partial charge on any atom is 0.101 e. The molecule has 0 aliphatic rings. The molecule has 0 atom stereocenters. The second-order valence-corrected chi connectivity index (χ2v) is 10.9. The van der Waals surface area contributed by atoms with Gasteiger partial charge in [0, 0.05) is 27.5 Å². The molecule has 0 unspecified atom stereocenters. The summed E-state index contributed by atoms with van der Waals surface area (Å²) < 4.78 is 0. The lowest BCUT2D eigenvalue weighted by atomic mass is 9.91. The van der Waals surface area contributed by atoms with E-state index in [1.807, 2.05) is 37.3 Å². The number of fused-ring (bicyclic) bond motifs is 4. The van der Waals surface area contributed by atoms with Crippen LogP contribution in [-0.4, -0.2) is 0 Å². The molecule has 0 aliphatic heterocycles. The zero-order valence-electron chi connectivity index (χ0n) is 24.2. The van der Waals surface area contributed by atoms with Crippen LogP contribution in [0.1, 0.15) is 27.8 Å². The van der Waals surface area contributed by atoms with Gasteiger partial charge in [-0.15, -0.1) is 0 Å². The minimum atomic E-state index is 0.426. The van der Waals surface area contributed by atoms with Gasteiger partial charge in [0.2, 0.25) is 0 Å². The minimum absolute atomic E-state index is 0.426. The Balaban J connectivity index is 1.26. The van der Waals surface area contributed by atoms with Crippen LogP contribution in [0.25, 0.3) is 44.5 Å². The summed E-state index contributed by atoms with van der Waals surface area (Å²) in [6.07, 6.45) is 4.14. The number of rotatable bonds is 5. The van der Waals surface area contributed by atoms with Crippen molar-refractivity contribution in [2.24, 2.45) is 0 Å². The van der Waals surface area contributed by atoms with Crippen molar-refractivity contribution in [2.75, 3.05) is 4.90 Å². The maximum absolute atomic E-state index is 10.0. The van der Waals surface area contributed by atoms with E-state index < -0.39 is 0 Å². The Morgan fingerprint density at radius 1 is 0.500 bits per heavy atom. The van der Waals surface area contributed by atoms with Gasteiger partial charge in [-0.25, -0.2) is 0 Å². The molecule has 0 aliphatic carbocycles. The van der Waals surface area contributed by atoms with E-state index in [2.05, 4.69) is 132 Å². The van der Waals surface area contributed by atoms with Crippen molar-refractivity contribution in [3.8, 4) is 12.1 Å². The van der Waals surface area contributed by atoms with Gasteiger partial charge < -0.3 is 4.90 Å². The van der Waals surface area contributed by atoms with Crippen molar-refractivity contribution in [1.29, 1.82) is 10.5 Å². The van der Waals surface area contributed by atoms with Crippen LogP contribution in [-0.2, 0) is 0 Å². The summed E-state index contributed by atoms with van der Waals surface area (Å²) in [6, 6.07) is 50.7. The van der Waals surface area contributed by atoms with E-state index in [1.54, 1.807) is 0 Å². The van der Waals surface area contributed by atoms with Gasteiger partial charge in [-0.3, -0.25) is 0 Å². The molecule has 44 heavy (non-hydrogen) atoms. The van der Waals surface area contributed by atoms with Gasteiger partial charge >= 0.3 is 0 Å². The van der Waals surface area contributed by atoms with Gasteiger partial charge in [-0.05, 0) is 70.6 Å². The summed E-state index contributed by atoms with van der Waals surface area (Å²) >= 11 is 0. The van der Waals surface area contributed by atoms with Crippen molar-refractivity contribution in [3.63, 3.8) is 0 Å². The number of nitrogens with zero attached hydrogens (tertiary/aromatic N) is 3. The highest BCUT2D eigenvalue weighted by atomic mass is 15.1. The zero-order valence-corrected chi connectivity index (χ0v) is 24.2. The van der Waals surface area contributed by atoms with E-state index in [4.69, 9.17) is 0 Å². The van der Waals surface area contributed by atoms with Gasteiger partial charge in [0.25, 0.3) is 0 Å². The van der Waals surface area contributed by atoms with Crippen LogP contribution in [0.15, 0.2) is 133 Å².